The zero-order valence-corrected chi connectivity index (χ0v) is 22.1. The molecule has 4 aromatic heterocycles. The maximum absolute atomic E-state index is 8.28. The SMILES string of the molecule is Cc1ccc(-c2[c-]cccc2)nc1.[2H]c1nc(-c2[c-]ccc3c2sc2nc(C)ccc23)c([2H])c([2H])c1C([2H])([2H])[2H].[Ir]. The summed E-state index contributed by atoms with van der Waals surface area (Å²) in [5.41, 5.74) is 4.16. The van der Waals surface area contributed by atoms with Crippen molar-refractivity contribution in [2.24, 2.45) is 0 Å². The summed E-state index contributed by atoms with van der Waals surface area (Å²) in [6.07, 6.45) is 1.36. The minimum Gasteiger partial charge on any atom is -0.304 e. The average molecular weight is 656 g/mol. The van der Waals surface area contributed by atoms with E-state index < -0.39 is 24.6 Å². The van der Waals surface area contributed by atoms with Crippen LogP contribution in [0, 0.1) is 32.8 Å². The van der Waals surface area contributed by atoms with Crippen molar-refractivity contribution in [1.82, 2.24) is 15.0 Å². The molecule has 0 atom stereocenters. The molecule has 6 aromatic rings. The normalized spacial score (nSPS) is 13.3. The Kier molecular flexibility index (Phi) is 5.69. The van der Waals surface area contributed by atoms with Crippen LogP contribution in [0.3, 0.4) is 0 Å². The number of hydrogen-bond donors (Lipinski definition) is 0. The van der Waals surface area contributed by atoms with Gasteiger partial charge in [0.25, 0.3) is 0 Å². The van der Waals surface area contributed by atoms with Crippen molar-refractivity contribution in [3.63, 3.8) is 0 Å². The van der Waals surface area contributed by atoms with Gasteiger partial charge >= 0.3 is 0 Å². The largest absolute Gasteiger partial charge is 0.304 e. The van der Waals surface area contributed by atoms with Gasteiger partial charge in [0, 0.05) is 42.3 Å². The fourth-order valence-electron chi connectivity index (χ4n) is 3.48. The molecule has 175 valence electrons. The Labute approximate surface area is 231 Å². The van der Waals surface area contributed by atoms with E-state index in [9.17, 15) is 0 Å². The van der Waals surface area contributed by atoms with Crippen LogP contribution in [0.15, 0.2) is 85.1 Å². The molecule has 0 saturated heterocycles. The van der Waals surface area contributed by atoms with Crippen LogP contribution in [0.25, 0.3) is 42.8 Å². The number of rotatable bonds is 2. The number of aryl methyl sites for hydroxylation is 2. The van der Waals surface area contributed by atoms with Crippen LogP contribution in [0.2, 0.25) is 0 Å². The molecule has 1 radical (unpaired) electrons. The van der Waals surface area contributed by atoms with Crippen LogP contribution in [0.1, 0.15) is 25.0 Å². The van der Waals surface area contributed by atoms with E-state index >= 15 is 0 Å². The van der Waals surface area contributed by atoms with Gasteiger partial charge in [-0.2, -0.15) is 11.3 Å². The Morgan fingerprint density at radius 2 is 1.77 bits per heavy atom. The van der Waals surface area contributed by atoms with E-state index in [1.165, 1.54) is 16.9 Å². The second-order valence-corrected chi connectivity index (χ2v) is 8.70. The number of aromatic nitrogens is 3. The average Bonchev–Trinajstić information content (AvgIpc) is 3.29. The van der Waals surface area contributed by atoms with E-state index in [0.717, 1.165) is 37.3 Å². The number of fused-ring (bicyclic) bond motifs is 3. The number of thiophene rings is 1. The topological polar surface area (TPSA) is 38.7 Å². The van der Waals surface area contributed by atoms with Gasteiger partial charge in [0.2, 0.25) is 0 Å². The molecular formula is C30H23IrN3S-2. The molecule has 0 spiro atoms. The number of pyridine rings is 3. The Hall–Kier alpha value is -3.24. The fraction of sp³-hybridized carbons (Fsp3) is 0.100. The zero-order chi connectivity index (χ0) is 28.6. The minimum atomic E-state index is -2.66. The minimum absolute atomic E-state index is 0. The van der Waals surface area contributed by atoms with Crippen molar-refractivity contribution < 1.29 is 28.3 Å². The van der Waals surface area contributed by atoms with Gasteiger partial charge in [0.1, 0.15) is 4.83 Å². The van der Waals surface area contributed by atoms with E-state index in [1.807, 2.05) is 68.6 Å². The van der Waals surface area contributed by atoms with Gasteiger partial charge < -0.3 is 9.97 Å². The fourth-order valence-corrected chi connectivity index (χ4v) is 4.69. The number of benzene rings is 2. The van der Waals surface area contributed by atoms with E-state index in [0.29, 0.717) is 5.56 Å². The van der Waals surface area contributed by atoms with Crippen molar-refractivity contribution in [1.29, 1.82) is 0 Å². The van der Waals surface area contributed by atoms with Crippen molar-refractivity contribution >= 4 is 31.6 Å². The zero-order valence-electron chi connectivity index (χ0n) is 24.9. The first kappa shape index (κ1) is 18.1. The monoisotopic (exact) mass is 656 g/mol. The Morgan fingerprint density at radius 1 is 0.857 bits per heavy atom. The van der Waals surface area contributed by atoms with E-state index in [1.54, 1.807) is 6.07 Å². The van der Waals surface area contributed by atoms with E-state index in [4.69, 9.17) is 8.22 Å². The summed E-state index contributed by atoms with van der Waals surface area (Å²) in [6, 6.07) is 24.8. The first-order chi connectivity index (χ1) is 19.0. The van der Waals surface area contributed by atoms with Crippen molar-refractivity contribution in [3.8, 4) is 22.5 Å². The molecule has 0 saturated carbocycles. The molecule has 0 aliphatic heterocycles. The van der Waals surface area contributed by atoms with Gasteiger partial charge in [-0.3, -0.25) is 0 Å². The molecule has 0 aliphatic carbocycles. The van der Waals surface area contributed by atoms with Gasteiger partial charge in [-0.1, -0.05) is 35.7 Å². The van der Waals surface area contributed by atoms with Crippen LogP contribution in [-0.2, 0) is 20.1 Å². The summed E-state index contributed by atoms with van der Waals surface area (Å²) in [5.74, 6) is 0. The van der Waals surface area contributed by atoms with Crippen molar-refractivity contribution in [2.45, 2.75) is 20.7 Å². The summed E-state index contributed by atoms with van der Waals surface area (Å²) in [4.78, 5) is 13.8. The maximum atomic E-state index is 8.28. The molecule has 0 fully saturated rings. The van der Waals surface area contributed by atoms with Crippen LogP contribution in [0.4, 0.5) is 0 Å². The first-order valence-corrected chi connectivity index (χ1v) is 11.4. The Balaban J connectivity index is 0.000000233. The smallest absolute Gasteiger partial charge is 0.113 e. The molecular weight excluding hydrogens is 627 g/mol. The van der Waals surface area contributed by atoms with Gasteiger partial charge in [-0.15, -0.1) is 59.7 Å². The summed E-state index contributed by atoms with van der Waals surface area (Å²) in [6.45, 7) is 1.28. The predicted molar refractivity (Wildman–Crippen MR) is 142 cm³/mol. The molecule has 0 amide bonds. The summed E-state index contributed by atoms with van der Waals surface area (Å²) >= 11 is 1.43. The third kappa shape index (κ3) is 5.54. The maximum Gasteiger partial charge on any atom is 0.113 e. The number of nitrogens with zero attached hydrogens (tertiary/aromatic N) is 3. The molecule has 35 heavy (non-hydrogen) atoms. The molecule has 4 heterocycles. The van der Waals surface area contributed by atoms with E-state index in [2.05, 4.69) is 33.2 Å². The van der Waals surface area contributed by atoms with Crippen LogP contribution >= 0.6 is 11.3 Å². The molecule has 0 N–H and O–H groups in total. The van der Waals surface area contributed by atoms with Crippen LogP contribution < -0.4 is 0 Å². The standard InChI is InChI=1S/C18H13N2S.C12H10N.Ir/c1-11-6-9-16(19-10-11)15-5-3-4-13-14-8-7-12(2)20-18(14)21-17(13)15;1-10-7-8-12(13-9-10)11-5-3-2-4-6-11;/h3-4,6-10H,1-2H3;2-5,7-9H,1H3;/q2*-1;/i1D3,6D,9D,10D;;. The molecule has 0 bridgehead atoms. The molecule has 0 unspecified atom stereocenters. The third-order valence-electron chi connectivity index (χ3n) is 5.16. The molecule has 6 rings (SSSR count). The van der Waals surface area contributed by atoms with Crippen molar-refractivity contribution in [2.75, 3.05) is 0 Å². The van der Waals surface area contributed by atoms with Gasteiger partial charge in [-0.25, -0.2) is 4.98 Å². The van der Waals surface area contributed by atoms with Crippen molar-refractivity contribution in [3.05, 3.63) is 114 Å². The Bertz CT molecular complexity index is 1840. The summed E-state index contributed by atoms with van der Waals surface area (Å²) in [7, 11) is 0. The van der Waals surface area contributed by atoms with E-state index in [-0.39, 0.29) is 31.8 Å². The summed E-state index contributed by atoms with van der Waals surface area (Å²) in [5, 5.41) is 1.90. The predicted octanol–water partition coefficient (Wildman–Crippen LogP) is 7.78. The quantitative estimate of drug-likeness (QED) is 0.179. The summed E-state index contributed by atoms with van der Waals surface area (Å²) < 4.78 is 47.7. The van der Waals surface area contributed by atoms with Gasteiger partial charge in [0.15, 0.2) is 0 Å². The third-order valence-corrected chi connectivity index (χ3v) is 6.29. The number of hydrogen-bond acceptors (Lipinski definition) is 4. The van der Waals surface area contributed by atoms with Gasteiger partial charge in [0.05, 0.1) is 4.11 Å². The molecule has 5 heteroatoms. The second-order valence-electron chi connectivity index (χ2n) is 7.70. The van der Waals surface area contributed by atoms with Crippen LogP contribution in [0.5, 0.6) is 0 Å². The van der Waals surface area contributed by atoms with Gasteiger partial charge in [-0.05, 0) is 59.4 Å². The first-order valence-electron chi connectivity index (χ1n) is 13.6. The Morgan fingerprint density at radius 3 is 2.54 bits per heavy atom. The van der Waals surface area contributed by atoms with Crippen LogP contribution in [-0.4, -0.2) is 15.0 Å². The second kappa shape index (κ2) is 11.0. The molecule has 2 aromatic carbocycles. The molecule has 3 nitrogen and oxygen atoms in total. The molecule has 0 aliphatic rings.